The molecule has 0 saturated carbocycles. The summed E-state index contributed by atoms with van der Waals surface area (Å²) in [4.78, 5) is 57.4. The standard InChI is InChI=1S/C13H22N4O7S2/c14-3-9(18)15-7(4-25)12(22)16-6(1-2-10(19)20)11(21)17-8(5-26)13(23)24/h6-8,25-26H,1-5,14H2,(H,15,18)(H,16,22)(H,17,21)(H,19,20)(H,23,24). The number of amides is 3. The summed E-state index contributed by atoms with van der Waals surface area (Å²) in [7, 11) is 0. The fraction of sp³-hybridized carbons (Fsp3) is 0.615. The number of aliphatic carboxylic acids is 2. The molecule has 0 aromatic heterocycles. The van der Waals surface area contributed by atoms with Gasteiger partial charge in [-0.15, -0.1) is 0 Å². The van der Waals surface area contributed by atoms with Crippen molar-refractivity contribution in [3.63, 3.8) is 0 Å². The Kier molecular flexibility index (Phi) is 11.4. The highest BCUT2D eigenvalue weighted by Gasteiger charge is 2.28. The van der Waals surface area contributed by atoms with E-state index >= 15 is 0 Å². The first-order chi connectivity index (χ1) is 12.2. The molecule has 0 radical (unpaired) electrons. The highest BCUT2D eigenvalue weighted by Crippen LogP contribution is 2.02. The molecular weight excluding hydrogens is 388 g/mol. The van der Waals surface area contributed by atoms with E-state index in [1.807, 2.05) is 0 Å². The van der Waals surface area contributed by atoms with Crippen LogP contribution in [0.15, 0.2) is 0 Å². The van der Waals surface area contributed by atoms with Crippen LogP contribution >= 0.6 is 25.3 Å². The first-order valence-corrected chi connectivity index (χ1v) is 8.69. The average molecular weight is 410 g/mol. The van der Waals surface area contributed by atoms with E-state index in [2.05, 4.69) is 41.2 Å². The number of thiol groups is 2. The number of carbonyl (C=O) groups is 5. The third-order valence-electron chi connectivity index (χ3n) is 3.10. The molecule has 0 aliphatic carbocycles. The number of rotatable bonds is 12. The SMILES string of the molecule is NCC(=O)NC(CS)C(=O)NC(CCC(=O)O)C(=O)NC(CS)C(=O)O. The topological polar surface area (TPSA) is 188 Å². The first-order valence-electron chi connectivity index (χ1n) is 7.42. The van der Waals surface area contributed by atoms with Crippen molar-refractivity contribution >= 4 is 54.9 Å². The largest absolute Gasteiger partial charge is 0.481 e. The minimum Gasteiger partial charge on any atom is -0.481 e. The molecule has 0 aromatic rings. The molecule has 0 spiro atoms. The summed E-state index contributed by atoms with van der Waals surface area (Å²) in [5.41, 5.74) is 5.14. The minimum atomic E-state index is -1.33. The molecule has 26 heavy (non-hydrogen) atoms. The van der Waals surface area contributed by atoms with Gasteiger partial charge in [0.1, 0.15) is 18.1 Å². The lowest BCUT2D eigenvalue weighted by atomic mass is 10.1. The number of carboxylic acids is 2. The second-order valence-corrected chi connectivity index (χ2v) is 5.81. The van der Waals surface area contributed by atoms with E-state index in [4.69, 9.17) is 15.9 Å². The zero-order valence-electron chi connectivity index (χ0n) is 13.7. The zero-order chi connectivity index (χ0) is 20.3. The molecule has 3 atom stereocenters. The molecular formula is C13H22N4O7S2. The Morgan fingerprint density at radius 1 is 0.846 bits per heavy atom. The Morgan fingerprint density at radius 3 is 1.77 bits per heavy atom. The van der Waals surface area contributed by atoms with Gasteiger partial charge in [-0.3, -0.25) is 19.2 Å². The van der Waals surface area contributed by atoms with E-state index in [1.54, 1.807) is 0 Å². The third kappa shape index (κ3) is 8.92. The Bertz CT molecular complexity index is 547. The Balaban J connectivity index is 5.13. The van der Waals surface area contributed by atoms with Crippen molar-refractivity contribution in [2.75, 3.05) is 18.1 Å². The summed E-state index contributed by atoms with van der Waals surface area (Å²) in [6.45, 7) is -0.358. The minimum absolute atomic E-state index is 0.0980. The van der Waals surface area contributed by atoms with E-state index in [1.165, 1.54) is 0 Å². The number of carbonyl (C=O) groups excluding carboxylic acids is 3. The first kappa shape index (κ1) is 24.0. The molecule has 0 aliphatic rings. The lowest BCUT2D eigenvalue weighted by Gasteiger charge is -2.23. The molecule has 0 bridgehead atoms. The lowest BCUT2D eigenvalue weighted by molar-refractivity contribution is -0.142. The molecule has 0 rings (SSSR count). The van der Waals surface area contributed by atoms with Gasteiger partial charge in [0.2, 0.25) is 17.7 Å². The van der Waals surface area contributed by atoms with Gasteiger partial charge in [0.15, 0.2) is 0 Å². The number of carboxylic acid groups (broad SMARTS) is 2. The van der Waals surface area contributed by atoms with Gasteiger partial charge in [-0.25, -0.2) is 4.79 Å². The van der Waals surface area contributed by atoms with Gasteiger partial charge in [0.25, 0.3) is 0 Å². The van der Waals surface area contributed by atoms with Crippen LogP contribution in [0.3, 0.4) is 0 Å². The van der Waals surface area contributed by atoms with E-state index in [-0.39, 0.29) is 24.5 Å². The summed E-state index contributed by atoms with van der Waals surface area (Å²) in [5, 5.41) is 24.4. The molecule has 3 unspecified atom stereocenters. The Labute approximate surface area is 160 Å². The van der Waals surface area contributed by atoms with Crippen molar-refractivity contribution in [3.05, 3.63) is 0 Å². The van der Waals surface area contributed by atoms with Gasteiger partial charge in [0, 0.05) is 17.9 Å². The summed E-state index contributed by atoms with van der Waals surface area (Å²) < 4.78 is 0. The van der Waals surface area contributed by atoms with E-state index < -0.39 is 54.2 Å². The summed E-state index contributed by atoms with van der Waals surface area (Å²) in [6, 6.07) is -3.74. The van der Waals surface area contributed by atoms with E-state index in [0.717, 1.165) is 0 Å². The van der Waals surface area contributed by atoms with Crippen LogP contribution in [0.1, 0.15) is 12.8 Å². The van der Waals surface area contributed by atoms with Crippen LogP contribution in [0.25, 0.3) is 0 Å². The molecule has 0 fully saturated rings. The number of hydrogen-bond acceptors (Lipinski definition) is 8. The van der Waals surface area contributed by atoms with Crippen LogP contribution in [0.5, 0.6) is 0 Å². The highest BCUT2D eigenvalue weighted by atomic mass is 32.1. The maximum absolute atomic E-state index is 12.2. The quantitative estimate of drug-likeness (QED) is 0.158. The van der Waals surface area contributed by atoms with Gasteiger partial charge in [-0.2, -0.15) is 25.3 Å². The van der Waals surface area contributed by atoms with Gasteiger partial charge in [-0.05, 0) is 6.42 Å². The maximum Gasteiger partial charge on any atom is 0.327 e. The van der Waals surface area contributed by atoms with Crippen LogP contribution in [-0.2, 0) is 24.0 Å². The molecule has 0 saturated heterocycles. The maximum atomic E-state index is 12.2. The van der Waals surface area contributed by atoms with Crippen LogP contribution < -0.4 is 21.7 Å². The molecule has 148 valence electrons. The Hall–Kier alpha value is -1.99. The molecule has 0 aromatic carbocycles. The highest BCUT2D eigenvalue weighted by molar-refractivity contribution is 7.80. The summed E-state index contributed by atoms with van der Waals surface area (Å²) >= 11 is 7.73. The molecule has 3 amide bonds. The van der Waals surface area contributed by atoms with Crippen molar-refractivity contribution in [2.45, 2.75) is 31.0 Å². The van der Waals surface area contributed by atoms with Crippen molar-refractivity contribution in [2.24, 2.45) is 5.73 Å². The molecule has 11 nitrogen and oxygen atoms in total. The number of hydrogen-bond donors (Lipinski definition) is 8. The molecule has 0 aliphatic heterocycles. The monoisotopic (exact) mass is 410 g/mol. The van der Waals surface area contributed by atoms with Crippen LogP contribution in [0.2, 0.25) is 0 Å². The van der Waals surface area contributed by atoms with Crippen molar-refractivity contribution < 1.29 is 34.2 Å². The Morgan fingerprint density at radius 2 is 1.35 bits per heavy atom. The number of nitrogens with two attached hydrogens (primary N) is 1. The van der Waals surface area contributed by atoms with E-state index in [9.17, 15) is 24.0 Å². The molecule has 13 heteroatoms. The fourth-order valence-electron chi connectivity index (χ4n) is 1.71. The molecule has 0 heterocycles. The van der Waals surface area contributed by atoms with Gasteiger partial charge >= 0.3 is 11.9 Å². The van der Waals surface area contributed by atoms with Crippen LogP contribution in [-0.4, -0.2) is 76.0 Å². The summed E-state index contributed by atoms with van der Waals surface area (Å²) in [5.74, 6) is -5.13. The average Bonchev–Trinajstić information content (AvgIpc) is 2.59. The predicted molar refractivity (Wildman–Crippen MR) is 97.1 cm³/mol. The second kappa shape index (κ2) is 12.4. The van der Waals surface area contributed by atoms with Crippen molar-refractivity contribution in [3.8, 4) is 0 Å². The third-order valence-corrected chi connectivity index (χ3v) is 3.83. The predicted octanol–water partition coefficient (Wildman–Crippen LogP) is -2.79. The fourth-order valence-corrected chi connectivity index (χ4v) is 2.22. The van der Waals surface area contributed by atoms with Gasteiger partial charge in [0.05, 0.1) is 6.54 Å². The normalized spacial score (nSPS) is 13.8. The van der Waals surface area contributed by atoms with E-state index in [0.29, 0.717) is 0 Å². The van der Waals surface area contributed by atoms with Crippen LogP contribution in [0.4, 0.5) is 0 Å². The lowest BCUT2D eigenvalue weighted by Crippen LogP contribution is -2.57. The number of nitrogens with one attached hydrogen (secondary N) is 3. The summed E-state index contributed by atoms with van der Waals surface area (Å²) in [6.07, 6.45) is -0.729. The van der Waals surface area contributed by atoms with Crippen molar-refractivity contribution in [1.82, 2.24) is 16.0 Å². The second-order valence-electron chi connectivity index (χ2n) is 5.08. The molecule has 7 N–H and O–H groups in total. The smallest absolute Gasteiger partial charge is 0.327 e. The van der Waals surface area contributed by atoms with Crippen LogP contribution in [0, 0.1) is 0 Å². The van der Waals surface area contributed by atoms with Gasteiger partial charge in [-0.1, -0.05) is 0 Å². The zero-order valence-corrected chi connectivity index (χ0v) is 15.5. The van der Waals surface area contributed by atoms with Crippen molar-refractivity contribution in [1.29, 1.82) is 0 Å². The van der Waals surface area contributed by atoms with Gasteiger partial charge < -0.3 is 31.9 Å².